The van der Waals surface area contributed by atoms with Gasteiger partial charge in [-0.1, -0.05) is 19.4 Å². The summed E-state index contributed by atoms with van der Waals surface area (Å²) in [5.74, 6) is -1.55. The van der Waals surface area contributed by atoms with E-state index in [4.69, 9.17) is 9.47 Å². The fraction of sp³-hybridized carbons (Fsp3) is 0.818. The number of esters is 2. The van der Waals surface area contributed by atoms with E-state index in [1.54, 1.807) is 6.92 Å². The van der Waals surface area contributed by atoms with E-state index in [1.807, 2.05) is 0 Å². The standard InChI is InChI=1S/C22H30F6O5/c1-13(2)17(29)32-12-20-7-4-5-15(10-20)9-16(11-20)6-8-31-14(3)18(30)33-19(21(23,24)25)22(26,27)28/h14-16,19H,1,4-12H2,2-3H3. The molecule has 11 heteroatoms. The Morgan fingerprint density at radius 1 is 1.12 bits per heavy atom. The maximum atomic E-state index is 12.6. The van der Waals surface area contributed by atoms with Crippen LogP contribution in [0, 0.1) is 17.3 Å². The predicted octanol–water partition coefficient (Wildman–Crippen LogP) is 5.52. The van der Waals surface area contributed by atoms with Crippen LogP contribution in [0.1, 0.15) is 58.8 Å². The maximum Gasteiger partial charge on any atom is 0.434 e. The van der Waals surface area contributed by atoms with Crippen molar-refractivity contribution in [1.82, 2.24) is 0 Å². The van der Waals surface area contributed by atoms with Gasteiger partial charge in [0.15, 0.2) is 6.10 Å². The normalized spacial score (nSPS) is 26.6. The third-order valence-corrected chi connectivity index (χ3v) is 6.34. The van der Waals surface area contributed by atoms with Crippen molar-refractivity contribution in [2.45, 2.75) is 83.4 Å². The first-order valence-electron chi connectivity index (χ1n) is 10.9. The zero-order valence-electron chi connectivity index (χ0n) is 18.7. The second-order valence-corrected chi connectivity index (χ2v) is 9.33. The molecule has 0 heterocycles. The largest absolute Gasteiger partial charge is 0.462 e. The molecular formula is C22H30F6O5. The minimum atomic E-state index is -5.77. The lowest BCUT2D eigenvalue weighted by molar-refractivity contribution is -0.315. The molecule has 2 aliphatic rings. The molecule has 5 nitrogen and oxygen atoms in total. The van der Waals surface area contributed by atoms with Gasteiger partial charge in [0.25, 0.3) is 6.10 Å². The lowest BCUT2D eigenvalue weighted by atomic mass is 9.59. The third kappa shape index (κ3) is 7.89. The number of fused-ring (bicyclic) bond motifs is 2. The Bertz CT molecular complexity index is 705. The molecular weight excluding hydrogens is 458 g/mol. The van der Waals surface area contributed by atoms with Crippen LogP contribution in [0.4, 0.5) is 26.3 Å². The SMILES string of the molecule is C=C(C)C(=O)OCC12CCCC(CC(CCOC(C)C(=O)OC(C(F)(F)F)C(F)(F)F)C1)C2. The molecule has 4 atom stereocenters. The Kier molecular flexibility index (Phi) is 8.86. The van der Waals surface area contributed by atoms with Gasteiger partial charge in [0.05, 0.1) is 6.61 Å². The Balaban J connectivity index is 1.87. The summed E-state index contributed by atoms with van der Waals surface area (Å²) in [6, 6.07) is 0. The highest BCUT2D eigenvalue weighted by molar-refractivity contribution is 5.86. The summed E-state index contributed by atoms with van der Waals surface area (Å²) in [4.78, 5) is 23.6. The molecule has 4 unspecified atom stereocenters. The van der Waals surface area contributed by atoms with E-state index in [0.717, 1.165) is 45.4 Å². The summed E-state index contributed by atoms with van der Waals surface area (Å²) < 4.78 is 89.7. The van der Waals surface area contributed by atoms with Gasteiger partial charge in [0, 0.05) is 17.6 Å². The van der Waals surface area contributed by atoms with E-state index < -0.39 is 36.5 Å². The number of halogens is 6. The minimum absolute atomic E-state index is 0.0159. The van der Waals surface area contributed by atoms with Gasteiger partial charge in [-0.2, -0.15) is 26.3 Å². The summed E-state index contributed by atoms with van der Waals surface area (Å²) in [6.45, 7) is 6.47. The quantitative estimate of drug-likeness (QED) is 0.243. The zero-order chi connectivity index (χ0) is 25.0. The fourth-order valence-corrected chi connectivity index (χ4v) is 4.90. The Morgan fingerprint density at radius 2 is 1.76 bits per heavy atom. The Hall–Kier alpha value is -1.78. The average Bonchev–Trinajstić information content (AvgIpc) is 2.67. The van der Waals surface area contributed by atoms with E-state index in [1.165, 1.54) is 0 Å². The number of ether oxygens (including phenoxy) is 3. The summed E-state index contributed by atoms with van der Waals surface area (Å²) in [7, 11) is 0. The van der Waals surface area contributed by atoms with Gasteiger partial charge >= 0.3 is 24.3 Å². The van der Waals surface area contributed by atoms with Crippen molar-refractivity contribution in [3.63, 3.8) is 0 Å². The smallest absolute Gasteiger partial charge is 0.434 e. The van der Waals surface area contributed by atoms with Gasteiger partial charge < -0.3 is 14.2 Å². The Labute approximate surface area is 188 Å². The van der Waals surface area contributed by atoms with Gasteiger partial charge in [-0.25, -0.2) is 9.59 Å². The first-order valence-corrected chi connectivity index (χ1v) is 10.9. The van der Waals surface area contributed by atoms with Crippen molar-refractivity contribution in [2.75, 3.05) is 13.2 Å². The summed E-state index contributed by atoms with van der Waals surface area (Å²) in [5, 5.41) is 0. The average molecular weight is 488 g/mol. The fourth-order valence-electron chi connectivity index (χ4n) is 4.90. The van der Waals surface area contributed by atoms with Crippen molar-refractivity contribution < 1.29 is 50.1 Å². The van der Waals surface area contributed by atoms with Crippen LogP contribution < -0.4 is 0 Å². The number of carbonyl (C=O) groups is 2. The lowest BCUT2D eigenvalue weighted by Gasteiger charge is -2.48. The van der Waals surface area contributed by atoms with Crippen LogP contribution in [-0.4, -0.2) is 49.7 Å². The van der Waals surface area contributed by atoms with Crippen molar-refractivity contribution >= 4 is 11.9 Å². The highest BCUT2D eigenvalue weighted by atomic mass is 19.4. The van der Waals surface area contributed by atoms with Crippen LogP contribution in [0.2, 0.25) is 0 Å². The van der Waals surface area contributed by atoms with E-state index in [-0.39, 0.29) is 24.5 Å². The highest BCUT2D eigenvalue weighted by Crippen LogP contribution is 2.52. The van der Waals surface area contributed by atoms with E-state index in [0.29, 0.717) is 17.9 Å². The van der Waals surface area contributed by atoms with Gasteiger partial charge in [-0.3, -0.25) is 0 Å². The topological polar surface area (TPSA) is 61.8 Å². The molecule has 0 aromatic heterocycles. The third-order valence-electron chi connectivity index (χ3n) is 6.34. The molecule has 33 heavy (non-hydrogen) atoms. The van der Waals surface area contributed by atoms with E-state index >= 15 is 0 Å². The monoisotopic (exact) mass is 488 g/mol. The molecule has 2 bridgehead atoms. The summed E-state index contributed by atoms with van der Waals surface area (Å²) in [5.41, 5.74) is 0.160. The molecule has 190 valence electrons. The molecule has 0 aromatic rings. The van der Waals surface area contributed by atoms with Crippen molar-refractivity contribution in [3.8, 4) is 0 Å². The molecule has 0 aromatic carbocycles. The minimum Gasteiger partial charge on any atom is -0.462 e. The molecule has 0 spiro atoms. The van der Waals surface area contributed by atoms with Gasteiger partial charge in [0.1, 0.15) is 0 Å². The van der Waals surface area contributed by atoms with Crippen LogP contribution in [0.25, 0.3) is 0 Å². The van der Waals surface area contributed by atoms with Crippen LogP contribution >= 0.6 is 0 Å². The van der Waals surface area contributed by atoms with Crippen LogP contribution in [0.3, 0.4) is 0 Å². The molecule has 2 fully saturated rings. The van der Waals surface area contributed by atoms with Crippen molar-refractivity contribution in [1.29, 1.82) is 0 Å². The van der Waals surface area contributed by atoms with Gasteiger partial charge in [-0.05, 0) is 57.8 Å². The molecule has 0 saturated heterocycles. The molecule has 2 saturated carbocycles. The van der Waals surface area contributed by atoms with Crippen LogP contribution in [0.5, 0.6) is 0 Å². The molecule has 0 aliphatic heterocycles. The van der Waals surface area contributed by atoms with Crippen molar-refractivity contribution in [2.24, 2.45) is 17.3 Å². The zero-order valence-corrected chi connectivity index (χ0v) is 18.7. The Morgan fingerprint density at radius 3 is 2.33 bits per heavy atom. The van der Waals surface area contributed by atoms with Gasteiger partial charge in [0.2, 0.25) is 0 Å². The van der Waals surface area contributed by atoms with Crippen LogP contribution in [0.15, 0.2) is 12.2 Å². The second-order valence-electron chi connectivity index (χ2n) is 9.33. The second kappa shape index (κ2) is 10.7. The number of hydrogen-bond acceptors (Lipinski definition) is 5. The molecule has 0 amide bonds. The number of hydrogen-bond donors (Lipinski definition) is 0. The van der Waals surface area contributed by atoms with E-state index in [9.17, 15) is 35.9 Å². The van der Waals surface area contributed by atoms with Crippen LogP contribution in [-0.2, 0) is 23.8 Å². The van der Waals surface area contributed by atoms with E-state index in [2.05, 4.69) is 11.3 Å². The number of carbonyl (C=O) groups excluding carboxylic acids is 2. The lowest BCUT2D eigenvalue weighted by Crippen LogP contribution is -2.47. The highest BCUT2D eigenvalue weighted by Gasteiger charge is 2.60. The summed E-state index contributed by atoms with van der Waals surface area (Å²) in [6.07, 6.45) is -11.2. The maximum absolute atomic E-state index is 12.6. The molecule has 2 rings (SSSR count). The summed E-state index contributed by atoms with van der Waals surface area (Å²) >= 11 is 0. The molecule has 0 N–H and O–H groups in total. The first-order chi connectivity index (χ1) is 15.1. The number of rotatable bonds is 9. The predicted molar refractivity (Wildman–Crippen MR) is 105 cm³/mol. The number of alkyl halides is 6. The molecule has 2 aliphatic carbocycles. The van der Waals surface area contributed by atoms with Crippen molar-refractivity contribution in [3.05, 3.63) is 12.2 Å². The first kappa shape index (κ1) is 27.5. The molecule has 0 radical (unpaired) electrons. The van der Waals surface area contributed by atoms with Gasteiger partial charge in [-0.15, -0.1) is 0 Å².